The molecule has 1 aromatic heterocycles. The van der Waals surface area contributed by atoms with Crippen molar-refractivity contribution in [2.75, 3.05) is 25.1 Å². The molecule has 0 fully saturated rings. The molecule has 7 nitrogen and oxygen atoms in total. The van der Waals surface area contributed by atoms with Crippen molar-refractivity contribution in [2.24, 2.45) is 5.92 Å². The number of furan rings is 1. The van der Waals surface area contributed by atoms with E-state index >= 15 is 0 Å². The van der Waals surface area contributed by atoms with Crippen molar-refractivity contribution in [1.29, 1.82) is 0 Å². The largest absolute Gasteiger partial charge is 0.459 e. The summed E-state index contributed by atoms with van der Waals surface area (Å²) in [5.41, 5.74) is 1.59. The topological polar surface area (TPSA) is 89.8 Å². The lowest BCUT2D eigenvalue weighted by molar-refractivity contribution is -0.118. The van der Waals surface area contributed by atoms with Crippen molar-refractivity contribution in [3.8, 4) is 0 Å². The first-order valence-corrected chi connectivity index (χ1v) is 9.41. The predicted octanol–water partition coefficient (Wildman–Crippen LogP) is 3.23. The molecule has 0 aliphatic rings. The lowest BCUT2D eigenvalue weighted by Gasteiger charge is -2.21. The Balaban J connectivity index is 1.93. The summed E-state index contributed by atoms with van der Waals surface area (Å²) in [6, 6.07) is 9.92. The van der Waals surface area contributed by atoms with Gasteiger partial charge in [-0.25, -0.2) is 0 Å². The monoisotopic (exact) mass is 388 g/mol. The van der Waals surface area contributed by atoms with E-state index in [2.05, 4.69) is 10.6 Å². The number of carbonyl (C=O) groups is 2. The minimum Gasteiger partial charge on any atom is -0.459 e. The maximum absolute atomic E-state index is 12.7. The van der Waals surface area contributed by atoms with Crippen molar-refractivity contribution in [3.05, 3.63) is 54.0 Å². The molecular formula is C21H28N2O5. The van der Waals surface area contributed by atoms with E-state index in [4.69, 9.17) is 13.9 Å². The van der Waals surface area contributed by atoms with Gasteiger partial charge in [-0.1, -0.05) is 26.0 Å². The fraction of sp³-hybridized carbons (Fsp3) is 0.429. The van der Waals surface area contributed by atoms with Gasteiger partial charge in [-0.15, -0.1) is 0 Å². The molecule has 0 aliphatic heterocycles. The number of amides is 2. The van der Waals surface area contributed by atoms with Crippen molar-refractivity contribution in [2.45, 2.75) is 33.4 Å². The summed E-state index contributed by atoms with van der Waals surface area (Å²) in [6.07, 6.45) is 1.42. The van der Waals surface area contributed by atoms with Crippen LogP contribution in [0.1, 0.15) is 36.9 Å². The number of ether oxygens (including phenoxy) is 2. The van der Waals surface area contributed by atoms with E-state index < -0.39 is 11.9 Å². The number of benzene rings is 1. The Morgan fingerprint density at radius 1 is 1.11 bits per heavy atom. The molecule has 0 spiro atoms. The molecule has 0 aliphatic carbocycles. The summed E-state index contributed by atoms with van der Waals surface area (Å²) in [5.74, 6) is -0.631. The molecule has 1 heterocycles. The maximum atomic E-state index is 12.7. The summed E-state index contributed by atoms with van der Waals surface area (Å²) in [5, 5.41) is 5.58. The molecule has 1 atom stereocenters. The van der Waals surface area contributed by atoms with E-state index in [1.54, 1.807) is 18.2 Å². The first-order valence-electron chi connectivity index (χ1n) is 9.41. The van der Waals surface area contributed by atoms with Gasteiger partial charge < -0.3 is 24.5 Å². The summed E-state index contributed by atoms with van der Waals surface area (Å²) in [7, 11) is 0. The second-order valence-corrected chi connectivity index (χ2v) is 6.61. The van der Waals surface area contributed by atoms with Crippen molar-refractivity contribution >= 4 is 17.5 Å². The number of nitrogens with one attached hydrogen (secondary N) is 2. The van der Waals surface area contributed by atoms with Crippen LogP contribution in [0, 0.1) is 5.92 Å². The third kappa shape index (κ3) is 6.83. The van der Waals surface area contributed by atoms with E-state index in [0.29, 0.717) is 32.1 Å². The van der Waals surface area contributed by atoms with Crippen LogP contribution in [0.5, 0.6) is 0 Å². The standard InChI is InChI=1S/C21H28N2O5/c1-4-26-11-12-27-14-16-7-5-8-17(13-16)22-21(25)19(15(2)3)23-20(24)18-9-6-10-28-18/h5-10,13,15,19H,4,11-12,14H2,1-3H3,(H,22,25)(H,23,24). The van der Waals surface area contributed by atoms with Gasteiger partial charge in [0.2, 0.25) is 5.91 Å². The third-order valence-electron chi connectivity index (χ3n) is 4.02. The summed E-state index contributed by atoms with van der Waals surface area (Å²) in [4.78, 5) is 24.9. The first-order chi connectivity index (χ1) is 13.5. The highest BCUT2D eigenvalue weighted by molar-refractivity contribution is 6.00. The number of rotatable bonds is 11. The van der Waals surface area contributed by atoms with Crippen LogP contribution in [0.4, 0.5) is 5.69 Å². The highest BCUT2D eigenvalue weighted by atomic mass is 16.5. The molecule has 0 radical (unpaired) electrons. The van der Waals surface area contributed by atoms with Crippen molar-refractivity contribution in [1.82, 2.24) is 5.32 Å². The van der Waals surface area contributed by atoms with E-state index in [-0.39, 0.29) is 17.6 Å². The molecule has 7 heteroatoms. The minimum atomic E-state index is -0.691. The van der Waals surface area contributed by atoms with Crippen LogP contribution in [0.2, 0.25) is 0 Å². The smallest absolute Gasteiger partial charge is 0.287 e. The molecule has 2 amide bonds. The van der Waals surface area contributed by atoms with Crippen LogP contribution in [-0.2, 0) is 20.9 Å². The van der Waals surface area contributed by atoms with Crippen LogP contribution in [0.3, 0.4) is 0 Å². The minimum absolute atomic E-state index is 0.0935. The number of hydrogen-bond donors (Lipinski definition) is 2. The molecule has 0 saturated carbocycles. The Labute approximate surface area is 165 Å². The SMILES string of the molecule is CCOCCOCc1cccc(NC(=O)C(NC(=O)c2ccco2)C(C)C)c1. The zero-order chi connectivity index (χ0) is 20.4. The second kappa shape index (κ2) is 11.3. The van der Waals surface area contributed by atoms with Crippen molar-refractivity contribution < 1.29 is 23.5 Å². The molecular weight excluding hydrogens is 360 g/mol. The van der Waals surface area contributed by atoms with Gasteiger partial charge in [0.15, 0.2) is 5.76 Å². The molecule has 0 bridgehead atoms. The third-order valence-corrected chi connectivity index (χ3v) is 4.02. The van der Waals surface area contributed by atoms with Crippen LogP contribution in [0.25, 0.3) is 0 Å². The van der Waals surface area contributed by atoms with Crippen LogP contribution >= 0.6 is 0 Å². The molecule has 2 rings (SSSR count). The van der Waals surface area contributed by atoms with E-state index in [0.717, 1.165) is 5.56 Å². The van der Waals surface area contributed by atoms with Gasteiger partial charge >= 0.3 is 0 Å². The Morgan fingerprint density at radius 3 is 2.57 bits per heavy atom. The van der Waals surface area contributed by atoms with Crippen LogP contribution in [0.15, 0.2) is 47.1 Å². The highest BCUT2D eigenvalue weighted by Gasteiger charge is 2.25. The van der Waals surface area contributed by atoms with Gasteiger partial charge in [-0.2, -0.15) is 0 Å². The van der Waals surface area contributed by atoms with Gasteiger partial charge in [0, 0.05) is 12.3 Å². The molecule has 2 N–H and O–H groups in total. The molecule has 1 unspecified atom stereocenters. The Kier molecular flexibility index (Phi) is 8.71. The van der Waals surface area contributed by atoms with Gasteiger partial charge in [0.05, 0.1) is 26.1 Å². The van der Waals surface area contributed by atoms with Gasteiger partial charge in [0.25, 0.3) is 5.91 Å². The maximum Gasteiger partial charge on any atom is 0.287 e. The Morgan fingerprint density at radius 2 is 1.89 bits per heavy atom. The summed E-state index contributed by atoms with van der Waals surface area (Å²) >= 11 is 0. The van der Waals surface area contributed by atoms with Crippen LogP contribution < -0.4 is 10.6 Å². The number of hydrogen-bond acceptors (Lipinski definition) is 5. The quantitative estimate of drug-likeness (QED) is 0.577. The molecule has 1 aromatic carbocycles. The van der Waals surface area contributed by atoms with Crippen LogP contribution in [-0.4, -0.2) is 37.7 Å². The average Bonchev–Trinajstić information content (AvgIpc) is 3.20. The lowest BCUT2D eigenvalue weighted by Crippen LogP contribution is -2.47. The molecule has 0 saturated heterocycles. The fourth-order valence-corrected chi connectivity index (χ4v) is 2.57. The van der Waals surface area contributed by atoms with Gasteiger partial charge in [-0.3, -0.25) is 9.59 Å². The van der Waals surface area contributed by atoms with Crippen molar-refractivity contribution in [3.63, 3.8) is 0 Å². The normalized spacial score (nSPS) is 12.0. The predicted molar refractivity (Wildman–Crippen MR) is 106 cm³/mol. The molecule has 2 aromatic rings. The lowest BCUT2D eigenvalue weighted by atomic mass is 10.0. The summed E-state index contributed by atoms with van der Waals surface area (Å²) < 4.78 is 15.9. The van der Waals surface area contributed by atoms with Gasteiger partial charge in [-0.05, 0) is 42.7 Å². The molecule has 152 valence electrons. The van der Waals surface area contributed by atoms with E-state index in [1.807, 2.05) is 39.0 Å². The Hall–Kier alpha value is -2.64. The highest BCUT2D eigenvalue weighted by Crippen LogP contribution is 2.14. The average molecular weight is 388 g/mol. The Bertz CT molecular complexity index is 743. The molecule has 28 heavy (non-hydrogen) atoms. The fourth-order valence-electron chi connectivity index (χ4n) is 2.57. The van der Waals surface area contributed by atoms with E-state index in [9.17, 15) is 9.59 Å². The zero-order valence-electron chi connectivity index (χ0n) is 16.6. The van der Waals surface area contributed by atoms with E-state index in [1.165, 1.54) is 6.26 Å². The number of anilines is 1. The zero-order valence-corrected chi connectivity index (χ0v) is 16.6. The second-order valence-electron chi connectivity index (χ2n) is 6.61. The number of carbonyl (C=O) groups excluding carboxylic acids is 2. The summed E-state index contributed by atoms with van der Waals surface area (Å²) in [6.45, 7) is 7.84. The van der Waals surface area contributed by atoms with Gasteiger partial charge in [0.1, 0.15) is 6.04 Å². The first kappa shape index (κ1) is 21.7.